The summed E-state index contributed by atoms with van der Waals surface area (Å²) >= 11 is -0.826. The minimum atomic E-state index is -1.52. The first-order valence-corrected chi connectivity index (χ1v) is 18.4. The summed E-state index contributed by atoms with van der Waals surface area (Å²) in [5.74, 6) is 1.31. The van der Waals surface area contributed by atoms with Gasteiger partial charge in [-0.3, -0.25) is 4.99 Å². The summed E-state index contributed by atoms with van der Waals surface area (Å²) in [6.07, 6.45) is 6.86. The quantitative estimate of drug-likeness (QED) is 0.456. The molecule has 1 aromatic carbocycles. The van der Waals surface area contributed by atoms with Crippen molar-refractivity contribution in [1.29, 1.82) is 0 Å². The molecule has 1 aliphatic rings. The zero-order valence-electron chi connectivity index (χ0n) is 15.4. The fourth-order valence-corrected chi connectivity index (χ4v) is 4.48. The number of hydrogen-bond donors (Lipinski definition) is 1. The predicted octanol–water partition coefficient (Wildman–Crippen LogP) is 5.62. The molecule has 134 valence electrons. The Morgan fingerprint density at radius 2 is 1.71 bits per heavy atom. The molecule has 0 unspecified atom stereocenters. The van der Waals surface area contributed by atoms with Crippen molar-refractivity contribution in [3.05, 3.63) is 23.3 Å². The van der Waals surface area contributed by atoms with Gasteiger partial charge in [0.25, 0.3) is 0 Å². The summed E-state index contributed by atoms with van der Waals surface area (Å²) in [5, 5.41) is 11.8. The summed E-state index contributed by atoms with van der Waals surface area (Å²) in [4.78, 5) is 4.76. The standard InChI is InChI=1S/C18H29NOSi.2ClH.Zr/c1-13-6-9-15(10-7-13)19-12-16-14(2)8-11-17(18(16)20)21(3,4)5;;;/h8,11-13,15,20H,6-7,9-10H2,1-5H3;2*1H;/q;;;+2/p-2. The first-order valence-electron chi connectivity index (χ1n) is 8.53. The van der Waals surface area contributed by atoms with Crippen molar-refractivity contribution in [2.75, 3.05) is 0 Å². The van der Waals surface area contributed by atoms with Gasteiger partial charge >= 0.3 is 37.9 Å². The molecule has 0 bridgehead atoms. The number of phenolic OH excluding ortho intramolecular Hbond substituents is 1. The van der Waals surface area contributed by atoms with Crippen LogP contribution in [0.2, 0.25) is 19.6 Å². The Labute approximate surface area is 166 Å². The normalized spacial score (nSPS) is 21.3. The fourth-order valence-electron chi connectivity index (χ4n) is 3.05. The van der Waals surface area contributed by atoms with E-state index in [2.05, 4.69) is 45.6 Å². The average molecular weight is 466 g/mol. The number of rotatable bonds is 3. The number of phenols is 1. The van der Waals surface area contributed by atoms with E-state index in [9.17, 15) is 5.11 Å². The summed E-state index contributed by atoms with van der Waals surface area (Å²) < 4.78 is 0. The number of hydrogen-bond acceptors (Lipinski definition) is 2. The number of aliphatic imine (C=N–C) groups is 1. The molecule has 0 spiro atoms. The van der Waals surface area contributed by atoms with E-state index < -0.39 is 28.9 Å². The molecule has 0 aromatic heterocycles. The summed E-state index contributed by atoms with van der Waals surface area (Å²) in [5.41, 5.74) is 2.04. The van der Waals surface area contributed by atoms with Gasteiger partial charge in [0.1, 0.15) is 5.75 Å². The van der Waals surface area contributed by atoms with Crippen LogP contribution in [-0.4, -0.2) is 25.4 Å². The van der Waals surface area contributed by atoms with E-state index in [0.29, 0.717) is 11.8 Å². The van der Waals surface area contributed by atoms with Gasteiger partial charge in [0.2, 0.25) is 0 Å². The first kappa shape index (κ1) is 22.4. The second-order valence-corrected chi connectivity index (χ2v) is 16.5. The van der Waals surface area contributed by atoms with Crippen molar-refractivity contribution >= 4 is 36.5 Å². The van der Waals surface area contributed by atoms with Gasteiger partial charge in [-0.1, -0.05) is 38.7 Å². The van der Waals surface area contributed by atoms with Crippen molar-refractivity contribution in [2.45, 2.75) is 65.2 Å². The van der Waals surface area contributed by atoms with Gasteiger partial charge in [-0.15, -0.1) is 0 Å². The van der Waals surface area contributed by atoms with Crippen LogP contribution in [0.3, 0.4) is 0 Å². The van der Waals surface area contributed by atoms with Crippen LogP contribution < -0.4 is 5.19 Å². The molecule has 2 nitrogen and oxygen atoms in total. The van der Waals surface area contributed by atoms with Gasteiger partial charge in [0.15, 0.2) is 0 Å². The van der Waals surface area contributed by atoms with Crippen LogP contribution in [0.1, 0.15) is 43.7 Å². The minimum absolute atomic E-state index is 0.440. The van der Waals surface area contributed by atoms with E-state index in [1.807, 2.05) is 6.21 Å². The van der Waals surface area contributed by atoms with Crippen LogP contribution in [0.5, 0.6) is 5.75 Å². The molecule has 0 amide bonds. The summed E-state index contributed by atoms with van der Waals surface area (Å²) in [7, 11) is 8.35. The van der Waals surface area contributed by atoms with Gasteiger partial charge in [0.05, 0.1) is 8.07 Å². The number of aryl methyl sites for hydroxylation is 1. The molecule has 0 radical (unpaired) electrons. The summed E-state index contributed by atoms with van der Waals surface area (Å²) in [6.45, 7) is 11.2. The molecule has 1 fully saturated rings. The Bertz CT molecular complexity index is 553. The molecule has 1 aromatic rings. The predicted molar refractivity (Wildman–Crippen MR) is 107 cm³/mol. The van der Waals surface area contributed by atoms with E-state index in [1.54, 1.807) is 0 Å². The third-order valence-electron chi connectivity index (χ3n) is 4.64. The molecule has 1 N–H and O–H groups in total. The van der Waals surface area contributed by atoms with Crippen LogP contribution in [-0.2, 0) is 20.8 Å². The molecule has 24 heavy (non-hydrogen) atoms. The monoisotopic (exact) mass is 463 g/mol. The Morgan fingerprint density at radius 1 is 1.17 bits per heavy atom. The van der Waals surface area contributed by atoms with E-state index in [4.69, 9.17) is 22.0 Å². The third kappa shape index (κ3) is 6.94. The van der Waals surface area contributed by atoms with Gasteiger partial charge in [-0.2, -0.15) is 0 Å². The van der Waals surface area contributed by atoms with Gasteiger partial charge in [-0.25, -0.2) is 0 Å². The second-order valence-electron chi connectivity index (χ2n) is 7.71. The Hall–Kier alpha value is 0.370. The van der Waals surface area contributed by atoms with Gasteiger partial charge < -0.3 is 5.11 Å². The molecule has 2 rings (SSSR count). The fraction of sp³-hybridized carbons (Fsp3) is 0.611. The molecule has 0 heterocycles. The number of halogens is 2. The van der Waals surface area contributed by atoms with Crippen LogP contribution in [0.25, 0.3) is 0 Å². The van der Waals surface area contributed by atoms with Crippen molar-refractivity contribution in [2.24, 2.45) is 10.9 Å². The molecule has 1 saturated carbocycles. The van der Waals surface area contributed by atoms with Gasteiger partial charge in [0, 0.05) is 17.8 Å². The maximum absolute atomic E-state index is 10.6. The Balaban J connectivity index is 0.000000891. The van der Waals surface area contributed by atoms with Crippen molar-refractivity contribution in [3.63, 3.8) is 0 Å². The first-order chi connectivity index (χ1) is 11.2. The third-order valence-corrected chi connectivity index (χ3v) is 6.66. The SMILES string of the molecule is Cc1ccc([Si](C)(C)C)c(O)c1C=NC1CCC(C)CC1.[Cl][Zr][Cl]. The molecular weight excluding hydrogens is 436 g/mol. The molecule has 0 aliphatic heterocycles. The second kappa shape index (κ2) is 10.5. The van der Waals surface area contributed by atoms with Crippen LogP contribution >= 0.6 is 17.0 Å². The molecular formula is C18H29Cl2NOSiZr. The van der Waals surface area contributed by atoms with E-state index in [-0.39, 0.29) is 0 Å². The molecule has 0 atom stereocenters. The number of benzene rings is 1. The number of aromatic hydroxyl groups is 1. The topological polar surface area (TPSA) is 32.6 Å². The van der Waals surface area contributed by atoms with Crippen molar-refractivity contribution in [1.82, 2.24) is 0 Å². The number of nitrogens with zero attached hydrogens (tertiary/aromatic N) is 1. The van der Waals surface area contributed by atoms with Crippen molar-refractivity contribution in [3.8, 4) is 5.75 Å². The van der Waals surface area contributed by atoms with Crippen LogP contribution in [0.4, 0.5) is 0 Å². The zero-order chi connectivity index (χ0) is 18.3. The zero-order valence-corrected chi connectivity index (χ0v) is 20.3. The van der Waals surface area contributed by atoms with E-state index in [1.165, 1.54) is 25.7 Å². The summed E-state index contributed by atoms with van der Waals surface area (Å²) in [6, 6.07) is 4.66. The van der Waals surface area contributed by atoms with Crippen LogP contribution in [0.15, 0.2) is 17.1 Å². The van der Waals surface area contributed by atoms with Gasteiger partial charge in [-0.05, 0) is 49.3 Å². The van der Waals surface area contributed by atoms with E-state index >= 15 is 0 Å². The van der Waals surface area contributed by atoms with E-state index in [0.717, 1.165) is 22.2 Å². The average Bonchev–Trinajstić information content (AvgIpc) is 2.48. The molecule has 1 aliphatic carbocycles. The van der Waals surface area contributed by atoms with Crippen LogP contribution in [0, 0.1) is 12.8 Å². The molecule has 0 saturated heterocycles. The maximum atomic E-state index is 10.6. The molecule has 6 heteroatoms. The van der Waals surface area contributed by atoms with Crippen molar-refractivity contribution < 1.29 is 26.0 Å². The Morgan fingerprint density at radius 3 is 2.21 bits per heavy atom. The Kier molecular flexibility index (Phi) is 9.81.